The lowest BCUT2D eigenvalue weighted by molar-refractivity contribution is 0.947. The minimum Gasteiger partial charge on any atom is -0.318 e. The Morgan fingerprint density at radius 2 is 1.95 bits per heavy atom. The Kier molecular flexibility index (Phi) is 4.86. The summed E-state index contributed by atoms with van der Waals surface area (Å²) in [4.78, 5) is 1.84. The highest BCUT2D eigenvalue weighted by Crippen LogP contribution is 2.32. The van der Waals surface area contributed by atoms with Gasteiger partial charge in [0.1, 0.15) is 0 Å². The maximum atomic E-state index is 6.23. The number of aryl methyl sites for hydroxylation is 1. The van der Waals surface area contributed by atoms with Crippen LogP contribution in [-0.4, -0.2) is 16.7 Å². The summed E-state index contributed by atoms with van der Waals surface area (Å²) in [5.41, 5.74) is 1.61. The number of aromatic nitrogens is 2. The van der Waals surface area contributed by atoms with Crippen LogP contribution >= 0.6 is 34.8 Å². The predicted octanol–water partition coefficient (Wildman–Crippen LogP) is 4.98. The van der Waals surface area contributed by atoms with E-state index in [0.717, 1.165) is 11.3 Å². The second-order valence-electron chi connectivity index (χ2n) is 4.23. The number of anilines is 2. The second kappa shape index (κ2) is 6.44. The normalized spacial score (nSPS) is 10.4. The molecule has 0 saturated carbocycles. The van der Waals surface area contributed by atoms with Crippen LogP contribution in [-0.2, 0) is 0 Å². The van der Waals surface area contributed by atoms with Gasteiger partial charge in [-0.15, -0.1) is 10.2 Å². The van der Waals surface area contributed by atoms with Crippen molar-refractivity contribution in [3.05, 3.63) is 57.7 Å². The summed E-state index contributed by atoms with van der Waals surface area (Å²) in [5, 5.41) is 9.46. The van der Waals surface area contributed by atoms with Gasteiger partial charge in [-0.1, -0.05) is 53.5 Å². The van der Waals surface area contributed by atoms with Gasteiger partial charge in [-0.05, 0) is 30.7 Å². The van der Waals surface area contributed by atoms with Crippen molar-refractivity contribution < 1.29 is 0 Å². The largest absolute Gasteiger partial charge is 0.318 e. The summed E-state index contributed by atoms with van der Waals surface area (Å²) in [7, 11) is 0. The zero-order valence-corrected chi connectivity index (χ0v) is 13.0. The third-order valence-electron chi connectivity index (χ3n) is 2.66. The van der Waals surface area contributed by atoms with Crippen molar-refractivity contribution in [1.29, 1.82) is 0 Å². The number of rotatable bonds is 4. The summed E-state index contributed by atoms with van der Waals surface area (Å²) in [6.07, 6.45) is 0. The average molecular weight is 329 g/mol. The zero-order chi connectivity index (χ0) is 14.7. The fourth-order valence-electron chi connectivity index (χ4n) is 1.72. The first-order chi connectivity index (χ1) is 9.49. The van der Waals surface area contributed by atoms with E-state index in [4.69, 9.17) is 34.8 Å². The zero-order valence-electron chi connectivity index (χ0n) is 10.8. The molecule has 0 aliphatic rings. The van der Waals surface area contributed by atoms with E-state index in [2.05, 4.69) is 16.8 Å². The lowest BCUT2D eigenvalue weighted by Gasteiger charge is -2.24. The molecule has 0 unspecified atom stereocenters. The van der Waals surface area contributed by atoms with Crippen molar-refractivity contribution in [3.63, 3.8) is 0 Å². The molecule has 104 valence electrons. The fraction of sp³-hybridized carbons (Fsp3) is 0.143. The minimum absolute atomic E-state index is 0.373. The van der Waals surface area contributed by atoms with Crippen LogP contribution in [0.2, 0.25) is 10.2 Å². The first kappa shape index (κ1) is 15.1. The summed E-state index contributed by atoms with van der Waals surface area (Å²) in [6.45, 7) is 5.96. The van der Waals surface area contributed by atoms with Crippen molar-refractivity contribution in [2.24, 2.45) is 0 Å². The average Bonchev–Trinajstić information content (AvgIpc) is 2.40. The van der Waals surface area contributed by atoms with Crippen molar-refractivity contribution in [2.75, 3.05) is 11.4 Å². The number of benzene rings is 1. The molecule has 1 heterocycles. The van der Waals surface area contributed by atoms with Gasteiger partial charge in [-0.25, -0.2) is 0 Å². The van der Waals surface area contributed by atoms with E-state index in [1.54, 1.807) is 6.07 Å². The van der Waals surface area contributed by atoms with Crippen LogP contribution in [0.5, 0.6) is 0 Å². The van der Waals surface area contributed by atoms with Gasteiger partial charge in [-0.3, -0.25) is 0 Å². The van der Waals surface area contributed by atoms with Gasteiger partial charge in [0.2, 0.25) is 0 Å². The molecule has 2 aromatic rings. The summed E-state index contributed by atoms with van der Waals surface area (Å²) >= 11 is 18.1. The molecule has 0 fully saturated rings. The standard InChI is InChI=1S/C14H12Cl3N3/c1-9-7-13(18-19-14(9)17)20(8-10(2)15)12-6-4-3-5-11(12)16/h3-7H,2,8H2,1H3. The van der Waals surface area contributed by atoms with Crippen LogP contribution in [0.1, 0.15) is 5.56 Å². The Morgan fingerprint density at radius 1 is 1.25 bits per heavy atom. The van der Waals surface area contributed by atoms with Gasteiger partial charge in [0.25, 0.3) is 0 Å². The van der Waals surface area contributed by atoms with Gasteiger partial charge in [-0.2, -0.15) is 0 Å². The lowest BCUT2D eigenvalue weighted by atomic mass is 10.2. The molecular formula is C14H12Cl3N3. The SMILES string of the molecule is C=C(Cl)CN(c1cc(C)c(Cl)nn1)c1ccccc1Cl. The van der Waals surface area contributed by atoms with E-state index in [1.165, 1.54) is 0 Å². The fourth-order valence-corrected chi connectivity index (χ4v) is 2.17. The lowest BCUT2D eigenvalue weighted by Crippen LogP contribution is -2.20. The Labute approximate surface area is 132 Å². The summed E-state index contributed by atoms with van der Waals surface area (Å²) < 4.78 is 0. The van der Waals surface area contributed by atoms with Crippen molar-refractivity contribution in [1.82, 2.24) is 10.2 Å². The minimum atomic E-state index is 0.373. The van der Waals surface area contributed by atoms with Gasteiger partial charge < -0.3 is 4.90 Å². The number of halogens is 3. The van der Waals surface area contributed by atoms with Gasteiger partial charge in [0.05, 0.1) is 17.3 Å². The first-order valence-electron chi connectivity index (χ1n) is 5.84. The molecule has 1 aromatic heterocycles. The Bertz CT molecular complexity index is 643. The molecule has 0 radical (unpaired) electrons. The quantitative estimate of drug-likeness (QED) is 0.792. The highest BCUT2D eigenvalue weighted by Gasteiger charge is 2.15. The van der Waals surface area contributed by atoms with Gasteiger partial charge in [0, 0.05) is 5.03 Å². The van der Waals surface area contributed by atoms with Crippen LogP contribution in [0.15, 0.2) is 41.9 Å². The molecule has 0 saturated heterocycles. The van der Waals surface area contributed by atoms with Crippen LogP contribution < -0.4 is 4.90 Å². The van der Waals surface area contributed by atoms with Crippen LogP contribution in [0.25, 0.3) is 0 Å². The Morgan fingerprint density at radius 3 is 2.55 bits per heavy atom. The molecule has 0 atom stereocenters. The topological polar surface area (TPSA) is 29.0 Å². The second-order valence-corrected chi connectivity index (χ2v) is 5.53. The van der Waals surface area contributed by atoms with Crippen LogP contribution in [0, 0.1) is 6.92 Å². The molecule has 3 nitrogen and oxygen atoms in total. The van der Waals surface area contributed by atoms with E-state index in [0.29, 0.717) is 27.6 Å². The molecule has 0 spiro atoms. The molecule has 2 rings (SSSR count). The third kappa shape index (κ3) is 3.42. The number of para-hydroxylation sites is 1. The molecule has 0 aliphatic carbocycles. The Balaban J connectivity index is 2.50. The number of nitrogens with zero attached hydrogens (tertiary/aromatic N) is 3. The first-order valence-corrected chi connectivity index (χ1v) is 6.97. The van der Waals surface area contributed by atoms with Crippen molar-refractivity contribution >= 4 is 46.3 Å². The Hall–Kier alpha value is -1.29. The van der Waals surface area contributed by atoms with Crippen molar-refractivity contribution in [2.45, 2.75) is 6.92 Å². The van der Waals surface area contributed by atoms with E-state index in [9.17, 15) is 0 Å². The van der Waals surface area contributed by atoms with Gasteiger partial charge in [0.15, 0.2) is 11.0 Å². The number of hydrogen-bond donors (Lipinski definition) is 0. The molecule has 0 aliphatic heterocycles. The highest BCUT2D eigenvalue weighted by molar-refractivity contribution is 6.33. The van der Waals surface area contributed by atoms with Crippen molar-refractivity contribution in [3.8, 4) is 0 Å². The smallest absolute Gasteiger partial charge is 0.156 e. The van der Waals surface area contributed by atoms with Gasteiger partial charge >= 0.3 is 0 Å². The van der Waals surface area contributed by atoms with Crippen LogP contribution in [0.3, 0.4) is 0 Å². The van der Waals surface area contributed by atoms with E-state index in [-0.39, 0.29) is 0 Å². The summed E-state index contributed by atoms with van der Waals surface area (Å²) in [6, 6.07) is 9.27. The molecule has 0 amide bonds. The van der Waals surface area contributed by atoms with E-state index in [1.807, 2.05) is 36.1 Å². The molecular weight excluding hydrogens is 317 g/mol. The van der Waals surface area contributed by atoms with Crippen LogP contribution in [0.4, 0.5) is 11.5 Å². The number of hydrogen-bond acceptors (Lipinski definition) is 3. The molecule has 0 N–H and O–H groups in total. The van der Waals surface area contributed by atoms with E-state index >= 15 is 0 Å². The monoisotopic (exact) mass is 327 g/mol. The highest BCUT2D eigenvalue weighted by atomic mass is 35.5. The van der Waals surface area contributed by atoms with E-state index < -0.39 is 0 Å². The third-order valence-corrected chi connectivity index (χ3v) is 3.47. The molecule has 20 heavy (non-hydrogen) atoms. The predicted molar refractivity (Wildman–Crippen MR) is 85.2 cm³/mol. The maximum absolute atomic E-state index is 6.23. The maximum Gasteiger partial charge on any atom is 0.156 e. The molecule has 0 bridgehead atoms. The molecule has 6 heteroatoms. The summed E-state index contributed by atoms with van der Waals surface area (Å²) in [5.74, 6) is 0.613. The molecule has 1 aromatic carbocycles.